The lowest BCUT2D eigenvalue weighted by atomic mass is 9.93. The number of pyridine rings is 1. The lowest BCUT2D eigenvalue weighted by Gasteiger charge is -2.33. The van der Waals surface area contributed by atoms with E-state index in [1.165, 1.54) is 18.3 Å². The average molecular weight is 482 g/mol. The molecule has 9 heteroatoms. The Morgan fingerprint density at radius 3 is 2.40 bits per heavy atom. The van der Waals surface area contributed by atoms with E-state index in [-0.39, 0.29) is 18.7 Å². The first-order chi connectivity index (χ1) is 16.9. The van der Waals surface area contributed by atoms with E-state index >= 15 is 0 Å². The fraction of sp³-hybridized carbons (Fsp3) is 0.308. The number of hydrogen-bond acceptors (Lipinski definition) is 6. The Balaban J connectivity index is 1.43. The largest absolute Gasteiger partial charge is 0.396 e. The molecule has 2 heterocycles. The Kier molecular flexibility index (Phi) is 7.77. The predicted octanol–water partition coefficient (Wildman–Crippen LogP) is 4.41. The van der Waals surface area contributed by atoms with Gasteiger partial charge in [-0.3, -0.25) is 4.79 Å². The van der Waals surface area contributed by atoms with Gasteiger partial charge in [0.05, 0.1) is 11.3 Å². The van der Waals surface area contributed by atoms with Crippen LogP contribution in [-0.2, 0) is 6.54 Å². The number of primary amides is 1. The zero-order valence-electron chi connectivity index (χ0n) is 19.3. The van der Waals surface area contributed by atoms with Gasteiger partial charge in [-0.05, 0) is 67.1 Å². The number of benzene rings is 2. The summed E-state index contributed by atoms with van der Waals surface area (Å²) in [6.07, 6.45) is 4.39. The van der Waals surface area contributed by atoms with Gasteiger partial charge in [0.2, 0.25) is 0 Å². The molecule has 35 heavy (non-hydrogen) atoms. The third-order valence-electron chi connectivity index (χ3n) is 6.23. The summed E-state index contributed by atoms with van der Waals surface area (Å²) in [5.41, 5.74) is 8.40. The first kappa shape index (κ1) is 24.4. The molecule has 2 aromatic carbocycles. The van der Waals surface area contributed by atoms with Crippen molar-refractivity contribution in [1.82, 2.24) is 4.98 Å². The van der Waals surface area contributed by atoms with Crippen molar-refractivity contribution in [2.24, 2.45) is 11.7 Å². The van der Waals surface area contributed by atoms with E-state index in [0.717, 1.165) is 49.8 Å². The van der Waals surface area contributed by atoms with E-state index in [0.29, 0.717) is 23.0 Å². The Hall–Kier alpha value is -3.72. The highest BCUT2D eigenvalue weighted by molar-refractivity contribution is 5.98. The van der Waals surface area contributed by atoms with Crippen molar-refractivity contribution < 1.29 is 18.7 Å². The molecule has 1 aliphatic rings. The van der Waals surface area contributed by atoms with Crippen LogP contribution >= 0.6 is 0 Å². The number of nitrogens with two attached hydrogens (primary N) is 1. The highest BCUT2D eigenvalue weighted by Gasteiger charge is 2.19. The number of aliphatic hydroxyl groups is 1. The second-order valence-electron chi connectivity index (χ2n) is 8.73. The number of anilines is 4. The molecule has 1 fully saturated rings. The second-order valence-corrected chi connectivity index (χ2v) is 8.73. The molecule has 7 nitrogen and oxygen atoms in total. The molecule has 0 spiro atoms. The van der Waals surface area contributed by atoms with Gasteiger partial charge in [-0.25, -0.2) is 13.8 Å². The van der Waals surface area contributed by atoms with E-state index in [1.54, 1.807) is 6.07 Å². The molecule has 0 radical (unpaired) electrons. The second kappa shape index (κ2) is 11.1. The van der Waals surface area contributed by atoms with E-state index in [2.05, 4.69) is 20.5 Å². The third-order valence-corrected chi connectivity index (χ3v) is 6.23. The molecule has 0 atom stereocenters. The Bertz CT molecular complexity index is 1140. The molecular weight excluding hydrogens is 452 g/mol. The number of hydrogen-bond donors (Lipinski definition) is 4. The maximum atomic E-state index is 13.5. The fourth-order valence-electron chi connectivity index (χ4n) is 4.34. The molecule has 5 N–H and O–H groups in total. The summed E-state index contributed by atoms with van der Waals surface area (Å²) in [4.78, 5) is 18.5. The summed E-state index contributed by atoms with van der Waals surface area (Å²) in [5, 5.41) is 15.4. The quantitative estimate of drug-likeness (QED) is 0.361. The van der Waals surface area contributed by atoms with Gasteiger partial charge in [-0.2, -0.15) is 0 Å². The first-order valence-corrected chi connectivity index (χ1v) is 11.6. The molecule has 0 aliphatic carbocycles. The number of amides is 1. The zero-order valence-corrected chi connectivity index (χ0v) is 19.3. The molecule has 1 aliphatic heterocycles. The highest BCUT2D eigenvalue weighted by Crippen LogP contribution is 2.27. The normalized spacial score (nSPS) is 14.1. The van der Waals surface area contributed by atoms with Crippen molar-refractivity contribution >= 4 is 28.8 Å². The van der Waals surface area contributed by atoms with Crippen molar-refractivity contribution in [1.29, 1.82) is 0 Å². The number of rotatable bonds is 9. The van der Waals surface area contributed by atoms with E-state index in [4.69, 9.17) is 10.8 Å². The van der Waals surface area contributed by atoms with Crippen molar-refractivity contribution in [2.45, 2.75) is 25.8 Å². The molecule has 1 saturated heterocycles. The average Bonchev–Trinajstić information content (AvgIpc) is 2.83. The van der Waals surface area contributed by atoms with Gasteiger partial charge < -0.3 is 26.4 Å². The topological polar surface area (TPSA) is 104 Å². The van der Waals surface area contributed by atoms with Crippen LogP contribution in [0.1, 0.15) is 35.2 Å². The molecule has 1 aromatic heterocycles. The highest BCUT2D eigenvalue weighted by atomic mass is 19.1. The minimum Gasteiger partial charge on any atom is -0.396 e. The van der Waals surface area contributed by atoms with Crippen LogP contribution in [0.5, 0.6) is 0 Å². The lowest BCUT2D eigenvalue weighted by Crippen LogP contribution is -2.33. The van der Waals surface area contributed by atoms with E-state index in [9.17, 15) is 13.6 Å². The first-order valence-electron chi connectivity index (χ1n) is 11.6. The number of carbonyl (C=O) groups excluding carboxylic acids is 1. The predicted molar refractivity (Wildman–Crippen MR) is 133 cm³/mol. The SMILES string of the molecule is NC(=O)c1cnc(Nc2ccc(N3CCC(CCO)CC3)cc2)cc1NCc1cc(F)cc(F)c1. The minimum absolute atomic E-state index is 0.0993. The van der Waals surface area contributed by atoms with Crippen molar-refractivity contribution in [2.75, 3.05) is 35.2 Å². The summed E-state index contributed by atoms with van der Waals surface area (Å²) >= 11 is 0. The van der Waals surface area contributed by atoms with Crippen LogP contribution in [-0.4, -0.2) is 35.7 Å². The lowest BCUT2D eigenvalue weighted by molar-refractivity contribution is 0.100. The van der Waals surface area contributed by atoms with E-state index < -0.39 is 17.5 Å². The van der Waals surface area contributed by atoms with Gasteiger partial charge in [-0.1, -0.05) is 0 Å². The third kappa shape index (κ3) is 6.45. The molecule has 0 bridgehead atoms. The van der Waals surface area contributed by atoms with E-state index in [1.807, 2.05) is 24.3 Å². The molecular formula is C26H29F2N5O2. The monoisotopic (exact) mass is 481 g/mol. The summed E-state index contributed by atoms with van der Waals surface area (Å²) in [5.74, 6) is -0.932. The summed E-state index contributed by atoms with van der Waals surface area (Å²) < 4.78 is 27.0. The van der Waals surface area contributed by atoms with Crippen LogP contribution < -0.4 is 21.3 Å². The summed E-state index contributed by atoms with van der Waals surface area (Å²) in [6.45, 7) is 2.29. The van der Waals surface area contributed by atoms with Gasteiger partial charge in [0, 0.05) is 55.9 Å². The Morgan fingerprint density at radius 2 is 1.77 bits per heavy atom. The minimum atomic E-state index is -0.674. The number of aliphatic hydroxyl groups excluding tert-OH is 1. The van der Waals surface area contributed by atoms with Gasteiger partial charge >= 0.3 is 0 Å². The van der Waals surface area contributed by atoms with Crippen LogP contribution in [0, 0.1) is 17.6 Å². The van der Waals surface area contributed by atoms with Gasteiger partial charge in [0.1, 0.15) is 17.5 Å². The van der Waals surface area contributed by atoms with Gasteiger partial charge in [0.15, 0.2) is 0 Å². The number of carbonyl (C=O) groups is 1. The number of nitrogens with one attached hydrogen (secondary N) is 2. The molecule has 0 unspecified atom stereocenters. The van der Waals surface area contributed by atoms with Crippen LogP contribution in [0.25, 0.3) is 0 Å². The van der Waals surface area contributed by atoms with Gasteiger partial charge in [-0.15, -0.1) is 0 Å². The molecule has 0 saturated carbocycles. The zero-order chi connectivity index (χ0) is 24.8. The molecule has 3 aromatic rings. The van der Waals surface area contributed by atoms with Gasteiger partial charge in [0.25, 0.3) is 5.91 Å². The standard InChI is InChI=1S/C26H29F2N5O2/c27-19-11-18(12-20(28)13-19)15-30-24-14-25(31-16-23(24)26(29)35)32-21-1-3-22(4-2-21)33-8-5-17(6-9-33)7-10-34/h1-4,11-14,16-17,34H,5-10,15H2,(H2,29,35)(H2,30,31,32). The smallest absolute Gasteiger partial charge is 0.252 e. The van der Waals surface area contributed by atoms with Crippen LogP contribution in [0.15, 0.2) is 54.7 Å². The van der Waals surface area contributed by atoms with Crippen LogP contribution in [0.2, 0.25) is 0 Å². The number of nitrogens with zero attached hydrogens (tertiary/aromatic N) is 2. The maximum Gasteiger partial charge on any atom is 0.252 e. The summed E-state index contributed by atoms with van der Waals surface area (Å²) in [6, 6.07) is 12.9. The van der Waals surface area contributed by atoms with Crippen molar-refractivity contribution in [3.05, 3.63) is 77.5 Å². The Morgan fingerprint density at radius 1 is 1.09 bits per heavy atom. The number of piperidine rings is 1. The maximum absolute atomic E-state index is 13.5. The number of aromatic nitrogens is 1. The fourth-order valence-corrected chi connectivity index (χ4v) is 4.34. The number of halogens is 2. The molecule has 4 rings (SSSR count). The Labute approximate surface area is 203 Å². The van der Waals surface area contributed by atoms with Crippen LogP contribution in [0.4, 0.5) is 31.7 Å². The van der Waals surface area contributed by atoms with Crippen molar-refractivity contribution in [3.63, 3.8) is 0 Å². The van der Waals surface area contributed by atoms with Crippen LogP contribution in [0.3, 0.4) is 0 Å². The molecule has 184 valence electrons. The van der Waals surface area contributed by atoms with Crippen molar-refractivity contribution in [3.8, 4) is 0 Å². The molecule has 1 amide bonds. The summed E-state index contributed by atoms with van der Waals surface area (Å²) in [7, 11) is 0.